The van der Waals surface area contributed by atoms with Gasteiger partial charge in [0.15, 0.2) is 0 Å². The molecule has 0 aromatic rings. The number of carbonyl (C=O) groups excluding carboxylic acids is 1. The molecule has 0 aromatic carbocycles. The molecule has 0 spiro atoms. The van der Waals surface area contributed by atoms with Gasteiger partial charge >= 0.3 is 12.0 Å². The maximum absolute atomic E-state index is 11.5. The predicted molar refractivity (Wildman–Crippen MR) is 67.0 cm³/mol. The zero-order valence-corrected chi connectivity index (χ0v) is 11.0. The van der Waals surface area contributed by atoms with Crippen LogP contribution in [-0.4, -0.2) is 42.1 Å². The van der Waals surface area contributed by atoms with Crippen LogP contribution < -0.4 is 5.32 Å². The second-order valence-corrected chi connectivity index (χ2v) is 4.39. The first kappa shape index (κ1) is 15.7. The van der Waals surface area contributed by atoms with Crippen LogP contribution in [0.1, 0.15) is 39.5 Å². The van der Waals surface area contributed by atoms with E-state index in [0.29, 0.717) is 19.4 Å². The highest BCUT2D eigenvalue weighted by Crippen LogP contribution is 2.04. The number of carbonyl (C=O) groups is 2. The molecule has 2 amide bonds. The summed E-state index contributed by atoms with van der Waals surface area (Å²) in [6.45, 7) is 5.05. The Morgan fingerprint density at radius 1 is 1.35 bits per heavy atom. The Morgan fingerprint density at radius 3 is 2.53 bits per heavy atom. The minimum absolute atomic E-state index is 0.0820. The van der Waals surface area contributed by atoms with Gasteiger partial charge in [0.2, 0.25) is 0 Å². The number of urea groups is 1. The quantitative estimate of drug-likeness (QED) is 0.641. The van der Waals surface area contributed by atoms with E-state index >= 15 is 0 Å². The third-order valence-electron chi connectivity index (χ3n) is 2.71. The SMILES string of the molecule is CCCCN(C)C(=O)NCCCC(C)C(=O)O. The van der Waals surface area contributed by atoms with Crippen LogP contribution in [0.15, 0.2) is 0 Å². The molecular weight excluding hydrogens is 220 g/mol. The van der Waals surface area contributed by atoms with Crippen LogP contribution in [0, 0.1) is 5.92 Å². The number of carboxylic acids is 1. The lowest BCUT2D eigenvalue weighted by Crippen LogP contribution is -2.38. The van der Waals surface area contributed by atoms with Crippen molar-refractivity contribution >= 4 is 12.0 Å². The number of rotatable bonds is 8. The van der Waals surface area contributed by atoms with Gasteiger partial charge in [-0.15, -0.1) is 0 Å². The molecule has 0 aliphatic heterocycles. The highest BCUT2D eigenvalue weighted by atomic mass is 16.4. The van der Waals surface area contributed by atoms with E-state index in [1.54, 1.807) is 18.9 Å². The van der Waals surface area contributed by atoms with Gasteiger partial charge in [0.1, 0.15) is 0 Å². The molecule has 0 bridgehead atoms. The average molecular weight is 244 g/mol. The van der Waals surface area contributed by atoms with Gasteiger partial charge in [-0.25, -0.2) is 4.79 Å². The number of unbranched alkanes of at least 4 members (excludes halogenated alkanes) is 1. The average Bonchev–Trinajstić information content (AvgIpc) is 2.30. The lowest BCUT2D eigenvalue weighted by atomic mass is 10.1. The lowest BCUT2D eigenvalue weighted by Gasteiger charge is -2.17. The molecule has 0 heterocycles. The standard InChI is InChI=1S/C12H24N2O3/c1-4-5-9-14(3)12(17)13-8-6-7-10(2)11(15)16/h10H,4-9H2,1-3H3,(H,13,17)(H,15,16). The van der Waals surface area contributed by atoms with Crippen molar-refractivity contribution in [2.75, 3.05) is 20.1 Å². The molecule has 0 radical (unpaired) electrons. The van der Waals surface area contributed by atoms with E-state index < -0.39 is 5.97 Å². The summed E-state index contributed by atoms with van der Waals surface area (Å²) in [6, 6.07) is -0.0820. The van der Waals surface area contributed by atoms with Gasteiger partial charge in [0.25, 0.3) is 0 Å². The molecular formula is C12H24N2O3. The lowest BCUT2D eigenvalue weighted by molar-refractivity contribution is -0.141. The van der Waals surface area contributed by atoms with Gasteiger partial charge < -0.3 is 15.3 Å². The third kappa shape index (κ3) is 7.60. The fourth-order valence-corrected chi connectivity index (χ4v) is 1.36. The number of nitrogens with one attached hydrogen (secondary N) is 1. The summed E-state index contributed by atoms with van der Waals surface area (Å²) in [5.74, 6) is -1.12. The van der Waals surface area contributed by atoms with Crippen LogP contribution in [0.25, 0.3) is 0 Å². The van der Waals surface area contributed by atoms with Gasteiger partial charge in [-0.1, -0.05) is 20.3 Å². The largest absolute Gasteiger partial charge is 0.481 e. The summed E-state index contributed by atoms with van der Waals surface area (Å²) in [5, 5.41) is 11.5. The first-order valence-electron chi connectivity index (χ1n) is 6.20. The van der Waals surface area contributed by atoms with Crippen LogP contribution in [0.3, 0.4) is 0 Å². The Hall–Kier alpha value is -1.26. The van der Waals surface area contributed by atoms with Crippen molar-refractivity contribution in [2.45, 2.75) is 39.5 Å². The molecule has 0 aliphatic carbocycles. The van der Waals surface area contributed by atoms with Gasteiger partial charge in [-0.2, -0.15) is 0 Å². The van der Waals surface area contributed by atoms with Crippen molar-refractivity contribution in [1.82, 2.24) is 10.2 Å². The van der Waals surface area contributed by atoms with Crippen molar-refractivity contribution in [3.8, 4) is 0 Å². The topological polar surface area (TPSA) is 69.6 Å². The second kappa shape index (κ2) is 8.84. The highest BCUT2D eigenvalue weighted by molar-refractivity contribution is 5.73. The summed E-state index contributed by atoms with van der Waals surface area (Å²) in [7, 11) is 1.77. The molecule has 2 N–H and O–H groups in total. The van der Waals surface area contributed by atoms with E-state index in [9.17, 15) is 9.59 Å². The first-order valence-corrected chi connectivity index (χ1v) is 6.20. The fraction of sp³-hybridized carbons (Fsp3) is 0.833. The van der Waals surface area contributed by atoms with Crippen molar-refractivity contribution in [2.24, 2.45) is 5.92 Å². The van der Waals surface area contributed by atoms with Crippen LogP contribution in [0.2, 0.25) is 0 Å². The van der Waals surface area contributed by atoms with E-state index in [1.165, 1.54) is 0 Å². The number of carboxylic acid groups (broad SMARTS) is 1. The smallest absolute Gasteiger partial charge is 0.317 e. The Balaban J connectivity index is 3.60. The van der Waals surface area contributed by atoms with Crippen LogP contribution >= 0.6 is 0 Å². The van der Waals surface area contributed by atoms with Crippen molar-refractivity contribution in [3.05, 3.63) is 0 Å². The van der Waals surface area contributed by atoms with Crippen molar-refractivity contribution in [3.63, 3.8) is 0 Å². The third-order valence-corrected chi connectivity index (χ3v) is 2.71. The molecule has 0 fully saturated rings. The van der Waals surface area contributed by atoms with Gasteiger partial charge in [-0.3, -0.25) is 4.79 Å². The molecule has 0 rings (SSSR count). The summed E-state index contributed by atoms with van der Waals surface area (Å²) < 4.78 is 0. The Morgan fingerprint density at radius 2 is 2.00 bits per heavy atom. The van der Waals surface area contributed by atoms with E-state index in [0.717, 1.165) is 19.4 Å². The van der Waals surface area contributed by atoms with Crippen LogP contribution in [0.5, 0.6) is 0 Å². The number of aliphatic carboxylic acids is 1. The molecule has 0 aliphatic rings. The van der Waals surface area contributed by atoms with E-state index in [1.807, 2.05) is 0 Å². The van der Waals surface area contributed by atoms with Crippen LogP contribution in [0.4, 0.5) is 4.79 Å². The van der Waals surface area contributed by atoms with E-state index in [2.05, 4.69) is 12.2 Å². The summed E-state index contributed by atoms with van der Waals surface area (Å²) in [6.07, 6.45) is 3.35. The normalized spacial score (nSPS) is 11.9. The van der Waals surface area contributed by atoms with Crippen LogP contribution in [-0.2, 0) is 4.79 Å². The number of hydrogen-bond acceptors (Lipinski definition) is 2. The Labute approximate surface area is 103 Å². The number of amides is 2. The predicted octanol–water partition coefficient (Wildman–Crippen LogP) is 1.93. The molecule has 5 heteroatoms. The molecule has 1 unspecified atom stereocenters. The fourth-order valence-electron chi connectivity index (χ4n) is 1.36. The molecule has 100 valence electrons. The summed E-state index contributed by atoms with van der Waals surface area (Å²) in [4.78, 5) is 23.7. The van der Waals surface area contributed by atoms with Gasteiger partial charge in [-0.05, 0) is 19.3 Å². The molecule has 17 heavy (non-hydrogen) atoms. The highest BCUT2D eigenvalue weighted by Gasteiger charge is 2.11. The van der Waals surface area contributed by atoms with Gasteiger partial charge in [0.05, 0.1) is 5.92 Å². The zero-order valence-electron chi connectivity index (χ0n) is 11.0. The van der Waals surface area contributed by atoms with Gasteiger partial charge in [0, 0.05) is 20.1 Å². The van der Waals surface area contributed by atoms with Crippen molar-refractivity contribution < 1.29 is 14.7 Å². The maximum atomic E-state index is 11.5. The first-order chi connectivity index (χ1) is 7.99. The summed E-state index contributed by atoms with van der Waals surface area (Å²) >= 11 is 0. The number of hydrogen-bond donors (Lipinski definition) is 2. The summed E-state index contributed by atoms with van der Waals surface area (Å²) in [5.41, 5.74) is 0. The molecule has 0 saturated carbocycles. The monoisotopic (exact) mass is 244 g/mol. The molecule has 0 aromatic heterocycles. The molecule has 5 nitrogen and oxygen atoms in total. The Bertz CT molecular complexity index is 244. The second-order valence-electron chi connectivity index (χ2n) is 4.39. The maximum Gasteiger partial charge on any atom is 0.317 e. The van der Waals surface area contributed by atoms with Crippen molar-refractivity contribution in [1.29, 1.82) is 0 Å². The van der Waals surface area contributed by atoms with E-state index in [4.69, 9.17) is 5.11 Å². The molecule has 0 saturated heterocycles. The number of nitrogens with zero attached hydrogens (tertiary/aromatic N) is 1. The minimum Gasteiger partial charge on any atom is -0.481 e. The Kier molecular flexibility index (Phi) is 8.19. The van der Waals surface area contributed by atoms with E-state index in [-0.39, 0.29) is 11.9 Å². The minimum atomic E-state index is -0.781. The zero-order chi connectivity index (χ0) is 13.3. The molecule has 1 atom stereocenters.